The van der Waals surface area contributed by atoms with Crippen LogP contribution in [0.1, 0.15) is 58.8 Å². The van der Waals surface area contributed by atoms with Gasteiger partial charge in [0.25, 0.3) is 5.91 Å². The molecule has 2 aromatic rings. The third-order valence-corrected chi connectivity index (χ3v) is 7.72. The zero-order valence-electron chi connectivity index (χ0n) is 21.0. The first-order valence-electron chi connectivity index (χ1n) is 12.6. The van der Waals surface area contributed by atoms with Crippen LogP contribution in [0.4, 0.5) is 0 Å². The lowest BCUT2D eigenvalue weighted by Gasteiger charge is -2.46. The van der Waals surface area contributed by atoms with Gasteiger partial charge >= 0.3 is 5.97 Å². The normalized spacial score (nSPS) is 21.2. The molecule has 36 heavy (non-hydrogen) atoms. The predicted octanol–water partition coefficient (Wildman–Crippen LogP) is 3.34. The average molecular weight is 493 g/mol. The highest BCUT2D eigenvalue weighted by molar-refractivity contribution is 6.01. The van der Waals surface area contributed by atoms with Gasteiger partial charge in [-0.2, -0.15) is 0 Å². The number of ether oxygens (including phenoxy) is 3. The van der Waals surface area contributed by atoms with Crippen molar-refractivity contribution in [2.75, 3.05) is 40.5 Å². The summed E-state index contributed by atoms with van der Waals surface area (Å²) in [6.45, 7) is 3.66. The number of rotatable bonds is 5. The molecule has 190 valence electrons. The lowest BCUT2D eigenvalue weighted by Crippen LogP contribution is -2.52. The van der Waals surface area contributed by atoms with Crippen molar-refractivity contribution in [2.24, 2.45) is 5.92 Å². The number of fused-ring (bicyclic) bond motifs is 4. The van der Waals surface area contributed by atoms with Gasteiger partial charge in [-0.1, -0.05) is 18.2 Å². The lowest BCUT2D eigenvalue weighted by atomic mass is 9.75. The number of amides is 2. The van der Waals surface area contributed by atoms with Crippen molar-refractivity contribution in [3.05, 3.63) is 58.7 Å². The van der Waals surface area contributed by atoms with Gasteiger partial charge in [-0.05, 0) is 61.1 Å². The van der Waals surface area contributed by atoms with Crippen LogP contribution in [0.5, 0.6) is 11.5 Å². The first kappa shape index (κ1) is 24.2. The fraction of sp³-hybridized carbons (Fsp3) is 0.464. The van der Waals surface area contributed by atoms with E-state index in [4.69, 9.17) is 14.2 Å². The SMILES string of the molecule is CCOC(=O)C1CCN(C(=O)[C@@H]2c3ccccc3C(=O)N3CCc4cc(OC)c(OC)cc4[C@@H]23)CC1. The topological polar surface area (TPSA) is 85.4 Å². The third kappa shape index (κ3) is 3.98. The van der Waals surface area contributed by atoms with Gasteiger partial charge in [-0.15, -0.1) is 0 Å². The molecule has 2 amide bonds. The van der Waals surface area contributed by atoms with Crippen LogP contribution in [0, 0.1) is 5.92 Å². The van der Waals surface area contributed by atoms with Gasteiger partial charge in [-0.3, -0.25) is 14.4 Å². The van der Waals surface area contributed by atoms with Crippen molar-refractivity contribution >= 4 is 17.8 Å². The quantitative estimate of drug-likeness (QED) is 0.596. The molecule has 2 atom stereocenters. The summed E-state index contributed by atoms with van der Waals surface area (Å²) in [6.07, 6.45) is 1.83. The molecule has 0 saturated carbocycles. The fourth-order valence-electron chi connectivity index (χ4n) is 5.91. The minimum Gasteiger partial charge on any atom is -0.493 e. The molecule has 0 radical (unpaired) electrons. The maximum atomic E-state index is 14.2. The highest BCUT2D eigenvalue weighted by Crippen LogP contribution is 2.49. The number of benzene rings is 2. The summed E-state index contributed by atoms with van der Waals surface area (Å²) >= 11 is 0. The summed E-state index contributed by atoms with van der Waals surface area (Å²) in [6, 6.07) is 10.9. The number of hydrogen-bond acceptors (Lipinski definition) is 6. The maximum absolute atomic E-state index is 14.2. The van der Waals surface area contributed by atoms with Gasteiger partial charge in [0.2, 0.25) is 5.91 Å². The molecule has 3 aliphatic rings. The number of hydrogen-bond donors (Lipinski definition) is 0. The second-order valence-electron chi connectivity index (χ2n) is 9.52. The van der Waals surface area contributed by atoms with Crippen LogP contribution in [0.15, 0.2) is 36.4 Å². The van der Waals surface area contributed by atoms with E-state index < -0.39 is 12.0 Å². The van der Waals surface area contributed by atoms with E-state index in [1.54, 1.807) is 21.1 Å². The Morgan fingerprint density at radius 3 is 2.36 bits per heavy atom. The Labute approximate surface area is 211 Å². The van der Waals surface area contributed by atoms with Gasteiger partial charge in [0.15, 0.2) is 11.5 Å². The summed E-state index contributed by atoms with van der Waals surface area (Å²) in [5.74, 6) is 0.220. The van der Waals surface area contributed by atoms with E-state index in [1.807, 2.05) is 46.2 Å². The van der Waals surface area contributed by atoms with Gasteiger partial charge in [0, 0.05) is 25.2 Å². The molecule has 0 spiro atoms. The Bertz CT molecular complexity index is 1190. The zero-order chi connectivity index (χ0) is 25.4. The summed E-state index contributed by atoms with van der Waals surface area (Å²) in [5.41, 5.74) is 3.31. The van der Waals surface area contributed by atoms with E-state index in [0.717, 1.165) is 16.7 Å². The molecule has 3 heterocycles. The Morgan fingerprint density at radius 1 is 0.972 bits per heavy atom. The number of esters is 1. The lowest BCUT2D eigenvalue weighted by molar-refractivity contribution is -0.151. The van der Waals surface area contributed by atoms with Crippen molar-refractivity contribution in [1.29, 1.82) is 0 Å². The van der Waals surface area contributed by atoms with Crippen molar-refractivity contribution in [1.82, 2.24) is 9.80 Å². The molecule has 1 fully saturated rings. The third-order valence-electron chi connectivity index (χ3n) is 7.72. The second kappa shape index (κ2) is 9.84. The Morgan fingerprint density at radius 2 is 1.67 bits per heavy atom. The molecule has 0 unspecified atom stereocenters. The Balaban J connectivity index is 1.53. The van der Waals surface area contributed by atoms with Crippen LogP contribution >= 0.6 is 0 Å². The molecule has 2 aromatic carbocycles. The molecule has 0 N–H and O–H groups in total. The van der Waals surface area contributed by atoms with Gasteiger partial charge in [-0.25, -0.2) is 0 Å². The fourth-order valence-corrected chi connectivity index (χ4v) is 5.91. The first-order chi connectivity index (χ1) is 17.5. The summed E-state index contributed by atoms with van der Waals surface area (Å²) in [7, 11) is 3.19. The number of nitrogens with zero attached hydrogens (tertiary/aromatic N) is 2. The number of carbonyl (C=O) groups is 3. The highest BCUT2D eigenvalue weighted by atomic mass is 16.5. The van der Waals surface area contributed by atoms with Gasteiger partial charge in [0.05, 0.1) is 38.7 Å². The van der Waals surface area contributed by atoms with Crippen LogP contribution in [-0.4, -0.2) is 68.0 Å². The largest absolute Gasteiger partial charge is 0.493 e. The van der Waals surface area contributed by atoms with E-state index in [0.29, 0.717) is 62.6 Å². The first-order valence-corrected chi connectivity index (χ1v) is 12.6. The van der Waals surface area contributed by atoms with E-state index in [-0.39, 0.29) is 23.7 Å². The standard InChI is InChI=1S/C28H32N2O6/c1-4-36-28(33)17-9-12-29(13-10-17)27(32)24-19-7-5-6-8-20(19)26(31)30-14-11-18-15-22(34-2)23(35-3)16-21(18)25(24)30/h5-8,15-17,24-25H,4,9-14H2,1-3H3/t24-,25+/m1/s1. The summed E-state index contributed by atoms with van der Waals surface area (Å²) < 4.78 is 16.3. The molecule has 8 nitrogen and oxygen atoms in total. The molecule has 5 rings (SSSR count). The van der Waals surface area contributed by atoms with Gasteiger partial charge in [0.1, 0.15) is 0 Å². The van der Waals surface area contributed by atoms with E-state index >= 15 is 0 Å². The molecule has 0 aliphatic carbocycles. The van der Waals surface area contributed by atoms with E-state index in [1.165, 1.54) is 0 Å². The highest BCUT2D eigenvalue weighted by Gasteiger charge is 2.48. The van der Waals surface area contributed by atoms with Crippen LogP contribution in [-0.2, 0) is 20.7 Å². The van der Waals surface area contributed by atoms with Gasteiger partial charge < -0.3 is 24.0 Å². The van der Waals surface area contributed by atoms with Crippen LogP contribution in [0.25, 0.3) is 0 Å². The number of piperidine rings is 1. The van der Waals surface area contributed by atoms with Crippen molar-refractivity contribution in [3.8, 4) is 11.5 Å². The summed E-state index contributed by atoms with van der Waals surface area (Å²) in [4.78, 5) is 43.6. The average Bonchev–Trinajstić information content (AvgIpc) is 2.92. The predicted molar refractivity (Wildman–Crippen MR) is 132 cm³/mol. The van der Waals surface area contributed by atoms with Crippen LogP contribution in [0.3, 0.4) is 0 Å². The minimum absolute atomic E-state index is 0.0186. The van der Waals surface area contributed by atoms with Crippen molar-refractivity contribution in [2.45, 2.75) is 38.1 Å². The number of methoxy groups -OCH3 is 2. The maximum Gasteiger partial charge on any atom is 0.309 e. The zero-order valence-corrected chi connectivity index (χ0v) is 21.0. The smallest absolute Gasteiger partial charge is 0.309 e. The second-order valence-corrected chi connectivity index (χ2v) is 9.52. The number of likely N-dealkylation sites (tertiary alicyclic amines) is 1. The van der Waals surface area contributed by atoms with E-state index in [9.17, 15) is 14.4 Å². The summed E-state index contributed by atoms with van der Waals surface area (Å²) in [5, 5.41) is 0. The molecule has 3 aliphatic heterocycles. The molecule has 1 saturated heterocycles. The molecule has 8 heteroatoms. The molecular formula is C28H32N2O6. The van der Waals surface area contributed by atoms with Crippen molar-refractivity contribution < 1.29 is 28.6 Å². The minimum atomic E-state index is -0.546. The monoisotopic (exact) mass is 492 g/mol. The molecule has 0 bridgehead atoms. The molecule has 0 aromatic heterocycles. The Kier molecular flexibility index (Phi) is 6.60. The Hall–Kier alpha value is -3.55. The molecular weight excluding hydrogens is 460 g/mol. The van der Waals surface area contributed by atoms with Crippen LogP contribution < -0.4 is 9.47 Å². The number of carbonyl (C=O) groups excluding carboxylic acids is 3. The van der Waals surface area contributed by atoms with Crippen molar-refractivity contribution in [3.63, 3.8) is 0 Å². The van der Waals surface area contributed by atoms with E-state index in [2.05, 4.69) is 0 Å². The van der Waals surface area contributed by atoms with Crippen LogP contribution in [0.2, 0.25) is 0 Å².